The number of benzene rings is 3. The molecule has 128 valence electrons. The van der Waals surface area contributed by atoms with Gasteiger partial charge in [0.2, 0.25) is 0 Å². The highest BCUT2D eigenvalue weighted by molar-refractivity contribution is 5.46. The van der Waals surface area contributed by atoms with Crippen LogP contribution < -0.4 is 5.06 Å². The largest absolute Gasteiger partial charge is 0.265 e. The first-order valence-corrected chi connectivity index (χ1v) is 8.88. The molecule has 2 atom stereocenters. The minimum Gasteiger partial charge on any atom is -0.265 e. The SMILES string of the molecule is N#Cc1ccc(C[C@@H]2C[C@H](c3ccccc3)ON2c2ccccc2)cc1. The lowest BCUT2D eigenvalue weighted by Crippen LogP contribution is -2.29. The lowest BCUT2D eigenvalue weighted by molar-refractivity contribution is 0.0836. The monoisotopic (exact) mass is 340 g/mol. The predicted octanol–water partition coefficient (Wildman–Crippen LogP) is 5.05. The van der Waals surface area contributed by atoms with Crippen molar-refractivity contribution in [2.24, 2.45) is 0 Å². The van der Waals surface area contributed by atoms with Gasteiger partial charge in [-0.2, -0.15) is 5.26 Å². The van der Waals surface area contributed by atoms with Gasteiger partial charge in [-0.3, -0.25) is 9.90 Å². The summed E-state index contributed by atoms with van der Waals surface area (Å²) >= 11 is 0. The summed E-state index contributed by atoms with van der Waals surface area (Å²) in [4.78, 5) is 6.34. The number of rotatable bonds is 4. The van der Waals surface area contributed by atoms with Crippen LogP contribution in [0.4, 0.5) is 5.69 Å². The fraction of sp³-hybridized carbons (Fsp3) is 0.174. The van der Waals surface area contributed by atoms with Crippen molar-refractivity contribution in [1.29, 1.82) is 5.26 Å². The Morgan fingerprint density at radius 1 is 0.885 bits per heavy atom. The summed E-state index contributed by atoms with van der Waals surface area (Å²) in [6.45, 7) is 0. The van der Waals surface area contributed by atoms with Gasteiger partial charge in [0, 0.05) is 6.42 Å². The molecule has 1 heterocycles. The molecule has 0 N–H and O–H groups in total. The van der Waals surface area contributed by atoms with Crippen molar-refractivity contribution in [2.45, 2.75) is 25.0 Å². The molecular weight excluding hydrogens is 320 g/mol. The molecule has 4 rings (SSSR count). The lowest BCUT2D eigenvalue weighted by atomic mass is 9.97. The van der Waals surface area contributed by atoms with Crippen LogP contribution in [0.1, 0.15) is 29.2 Å². The Balaban J connectivity index is 1.59. The molecule has 0 radical (unpaired) electrons. The van der Waals surface area contributed by atoms with E-state index in [0.717, 1.165) is 18.5 Å². The molecular formula is C23H20N2O. The van der Waals surface area contributed by atoms with Crippen LogP contribution in [0.2, 0.25) is 0 Å². The topological polar surface area (TPSA) is 36.3 Å². The zero-order chi connectivity index (χ0) is 17.8. The first-order valence-electron chi connectivity index (χ1n) is 8.88. The molecule has 1 aliphatic rings. The molecule has 26 heavy (non-hydrogen) atoms. The zero-order valence-corrected chi connectivity index (χ0v) is 14.5. The van der Waals surface area contributed by atoms with E-state index in [1.807, 2.05) is 48.5 Å². The quantitative estimate of drug-likeness (QED) is 0.666. The Kier molecular flexibility index (Phi) is 4.68. The molecule has 0 unspecified atom stereocenters. The van der Waals surface area contributed by atoms with Crippen LogP contribution in [0.25, 0.3) is 0 Å². The average Bonchev–Trinajstić information content (AvgIpc) is 3.14. The normalized spacial score (nSPS) is 19.3. The highest BCUT2D eigenvalue weighted by atomic mass is 16.7. The van der Waals surface area contributed by atoms with Crippen LogP contribution in [-0.4, -0.2) is 6.04 Å². The van der Waals surface area contributed by atoms with Crippen LogP contribution >= 0.6 is 0 Å². The number of nitriles is 1. The van der Waals surface area contributed by atoms with Crippen molar-refractivity contribution in [1.82, 2.24) is 0 Å². The Hall–Kier alpha value is -3.09. The van der Waals surface area contributed by atoms with Gasteiger partial charge in [-0.05, 0) is 41.8 Å². The summed E-state index contributed by atoms with van der Waals surface area (Å²) in [5, 5.41) is 11.0. The summed E-state index contributed by atoms with van der Waals surface area (Å²) in [5.74, 6) is 0. The number of hydrogen-bond acceptors (Lipinski definition) is 3. The van der Waals surface area contributed by atoms with Gasteiger partial charge in [-0.25, -0.2) is 0 Å². The molecule has 1 aliphatic heterocycles. The van der Waals surface area contributed by atoms with Gasteiger partial charge < -0.3 is 0 Å². The van der Waals surface area contributed by atoms with Gasteiger partial charge in [0.25, 0.3) is 0 Å². The van der Waals surface area contributed by atoms with E-state index >= 15 is 0 Å². The molecule has 0 amide bonds. The van der Waals surface area contributed by atoms with E-state index in [9.17, 15) is 0 Å². The maximum absolute atomic E-state index is 8.99. The molecule has 3 nitrogen and oxygen atoms in total. The maximum Gasteiger partial charge on any atom is 0.113 e. The Morgan fingerprint density at radius 3 is 2.19 bits per heavy atom. The van der Waals surface area contributed by atoms with Crippen molar-refractivity contribution in [3.05, 3.63) is 102 Å². The highest BCUT2D eigenvalue weighted by Crippen LogP contribution is 2.37. The second-order valence-corrected chi connectivity index (χ2v) is 6.57. The molecule has 3 aromatic carbocycles. The molecule has 3 aromatic rings. The van der Waals surface area contributed by atoms with E-state index in [2.05, 4.69) is 47.5 Å². The summed E-state index contributed by atoms with van der Waals surface area (Å²) in [6, 6.07) is 30.9. The molecule has 1 fully saturated rings. The third-order valence-electron chi connectivity index (χ3n) is 4.79. The smallest absolute Gasteiger partial charge is 0.113 e. The second-order valence-electron chi connectivity index (χ2n) is 6.57. The maximum atomic E-state index is 8.99. The van der Waals surface area contributed by atoms with Crippen LogP contribution in [0, 0.1) is 11.3 Å². The number of anilines is 1. The lowest BCUT2D eigenvalue weighted by Gasteiger charge is -2.25. The molecule has 0 aromatic heterocycles. The summed E-state index contributed by atoms with van der Waals surface area (Å²) in [6.07, 6.45) is 1.86. The molecule has 0 aliphatic carbocycles. The van der Waals surface area contributed by atoms with Crippen molar-refractivity contribution in [2.75, 3.05) is 5.06 Å². The highest BCUT2D eigenvalue weighted by Gasteiger charge is 2.34. The standard InChI is InChI=1S/C23H20N2O/c24-17-19-13-11-18(12-14-19)15-22-16-23(20-7-3-1-4-8-20)26-25(22)21-9-5-2-6-10-21/h1-14,22-23H,15-16H2/t22-,23-/m1/s1. The van der Waals surface area contributed by atoms with Gasteiger partial charge >= 0.3 is 0 Å². The van der Waals surface area contributed by atoms with E-state index in [4.69, 9.17) is 10.1 Å². The van der Waals surface area contributed by atoms with Crippen molar-refractivity contribution in [3.8, 4) is 6.07 Å². The first-order chi connectivity index (χ1) is 12.8. The van der Waals surface area contributed by atoms with Gasteiger partial charge in [0.05, 0.1) is 23.4 Å². The number of nitrogens with zero attached hydrogens (tertiary/aromatic N) is 2. The first kappa shape index (κ1) is 16.4. The summed E-state index contributed by atoms with van der Waals surface area (Å²) < 4.78 is 0. The zero-order valence-electron chi connectivity index (χ0n) is 14.5. The summed E-state index contributed by atoms with van der Waals surface area (Å²) in [5.41, 5.74) is 4.19. The molecule has 0 saturated carbocycles. The third-order valence-corrected chi connectivity index (χ3v) is 4.79. The number of para-hydroxylation sites is 1. The van der Waals surface area contributed by atoms with Gasteiger partial charge in [0.1, 0.15) is 6.10 Å². The molecule has 0 bridgehead atoms. The van der Waals surface area contributed by atoms with Crippen LogP contribution in [0.5, 0.6) is 0 Å². The van der Waals surface area contributed by atoms with Gasteiger partial charge in [0.15, 0.2) is 0 Å². The van der Waals surface area contributed by atoms with Crippen LogP contribution in [-0.2, 0) is 11.3 Å². The average molecular weight is 340 g/mol. The summed E-state index contributed by atoms with van der Waals surface area (Å²) in [7, 11) is 0. The predicted molar refractivity (Wildman–Crippen MR) is 102 cm³/mol. The molecule has 0 spiro atoms. The van der Waals surface area contributed by atoms with E-state index in [1.54, 1.807) is 0 Å². The Bertz CT molecular complexity index is 885. The Labute approximate surface area is 154 Å². The van der Waals surface area contributed by atoms with Crippen molar-refractivity contribution >= 4 is 5.69 Å². The van der Waals surface area contributed by atoms with Crippen LogP contribution in [0.15, 0.2) is 84.9 Å². The van der Waals surface area contributed by atoms with Gasteiger partial charge in [-0.1, -0.05) is 60.7 Å². The van der Waals surface area contributed by atoms with Gasteiger partial charge in [-0.15, -0.1) is 0 Å². The number of hydroxylamine groups is 1. The molecule has 3 heteroatoms. The van der Waals surface area contributed by atoms with E-state index in [-0.39, 0.29) is 12.1 Å². The van der Waals surface area contributed by atoms with Crippen LogP contribution in [0.3, 0.4) is 0 Å². The molecule has 1 saturated heterocycles. The van der Waals surface area contributed by atoms with Crippen molar-refractivity contribution in [3.63, 3.8) is 0 Å². The second kappa shape index (κ2) is 7.43. The van der Waals surface area contributed by atoms with Crippen molar-refractivity contribution < 1.29 is 4.84 Å². The Morgan fingerprint density at radius 2 is 1.54 bits per heavy atom. The van der Waals surface area contributed by atoms with E-state index in [1.165, 1.54) is 11.1 Å². The van der Waals surface area contributed by atoms with E-state index < -0.39 is 0 Å². The third kappa shape index (κ3) is 3.46. The minimum atomic E-state index is 0.0554. The van der Waals surface area contributed by atoms with E-state index in [0.29, 0.717) is 5.56 Å². The minimum absolute atomic E-state index is 0.0554. The fourth-order valence-corrected chi connectivity index (χ4v) is 3.47. The number of hydrogen-bond donors (Lipinski definition) is 0. The fourth-order valence-electron chi connectivity index (χ4n) is 3.47.